The van der Waals surface area contributed by atoms with E-state index in [-0.39, 0.29) is 71.2 Å². The van der Waals surface area contributed by atoms with Crippen molar-refractivity contribution in [3.63, 3.8) is 0 Å². The molecule has 0 radical (unpaired) electrons. The fraction of sp³-hybridized carbons (Fsp3) is 0.778. The highest BCUT2D eigenvalue weighted by molar-refractivity contribution is 6.08. The Kier molecular flexibility index (Phi) is 23.1. The lowest BCUT2D eigenvalue weighted by atomic mass is 9.33. The molecule has 15 rings (SSSR count). The molecule has 34 unspecified atom stereocenters. The number of hydrogen-bond acceptors (Lipinski definition) is 32. The van der Waals surface area contributed by atoms with Gasteiger partial charge in [-0.1, -0.05) is 60.1 Å². The zero-order valence-electron chi connectivity index (χ0n) is 66.1. The number of allylic oxidation sites excluding steroid dienone is 2. The standard InChI is InChI=1S/C58H94O25.C23H22O7/c1-23-44(80-47-40(69)34(63)27(60)21-74-47)38(67)42(71)48(76-23)79-33-13-14-55(7)30(54(33,5)6)12-15-56(8)31(55)11-10-25-26-18-53(3,4)16-17-58(26,32(62)19-57(25,56)9)52(73)83-51-46(35(64)28(61)22-75-51)82-49-43(72)39(68)45(24(2)77-49)81-50-41(70)37(66)36(65)29(20-59)78-50;1-23(2)6-5-11-15(30-23)8-13(24)20-21(25)19-12-7-16(26-3)17(27-4)9-14(12)28-10-18(19)29-22(11)20/h10,23-24,26-51,59-72H,11-22H2,1-9H3;5-9,18-19,24H,10H2,1-4H3. The third kappa shape index (κ3) is 14.2. The molecule has 2 aromatic rings. The number of phenols is 1. The van der Waals surface area contributed by atoms with E-state index in [1.165, 1.54) is 20.1 Å². The van der Waals surface area contributed by atoms with E-state index in [0.29, 0.717) is 65.6 Å². The minimum Gasteiger partial charge on any atom is -0.507 e. The molecule has 113 heavy (non-hydrogen) atoms. The maximum Gasteiger partial charge on any atom is 0.317 e. The van der Waals surface area contributed by atoms with Crippen LogP contribution in [0.5, 0.6) is 34.5 Å². The smallest absolute Gasteiger partial charge is 0.317 e. The molecule has 9 fully saturated rings. The van der Waals surface area contributed by atoms with Crippen molar-refractivity contribution in [1.82, 2.24) is 0 Å². The van der Waals surface area contributed by atoms with Crippen molar-refractivity contribution in [3.8, 4) is 34.5 Å². The van der Waals surface area contributed by atoms with Crippen LogP contribution in [0.3, 0.4) is 0 Å². The SMILES string of the molecule is CC1OC(OC2CCC3(C)C(CCC4(C)C3CC=C3C5CC(C)(C)CCC5(C(=O)OC5OCC(O)C(O)C5OC5OC(C)C(OC6OC(CO)C(O)C(O)C6O)C(O)C5O)C(O)CC34C)C2(C)C)C(O)C(O)C1OC1OCC(O)C(O)C1O.COc1cc2c(cc1OC)C1C(=O)c3c(O)cc4c(c3OC1CO2)C=CC(C)(C)O4. The second-order valence-electron chi connectivity index (χ2n) is 36.4. The van der Waals surface area contributed by atoms with Crippen LogP contribution in [0.1, 0.15) is 161 Å². The van der Waals surface area contributed by atoms with Gasteiger partial charge in [-0.3, -0.25) is 9.59 Å². The molecule has 5 aliphatic carbocycles. The minimum absolute atomic E-state index is 0.129. The number of Topliss-reactive ketones (excluding diaryl/α,β-unsaturated/α-hetero) is 1. The van der Waals surface area contributed by atoms with Crippen molar-refractivity contribution in [3.05, 3.63) is 52.6 Å². The van der Waals surface area contributed by atoms with Gasteiger partial charge in [-0.25, -0.2) is 0 Å². The molecule has 32 heteroatoms. The first kappa shape index (κ1) is 84.4. The molecule has 0 amide bonds. The van der Waals surface area contributed by atoms with E-state index >= 15 is 4.79 Å². The first-order valence-corrected chi connectivity index (χ1v) is 39.7. The quantitative estimate of drug-likeness (QED) is 0.0772. The number of ketones is 1. The molecular weight excluding hydrogens is 1480 g/mol. The number of methoxy groups -OCH3 is 2. The van der Waals surface area contributed by atoms with Crippen molar-refractivity contribution in [2.24, 2.45) is 50.2 Å². The number of ether oxygens (including phenoxy) is 15. The van der Waals surface area contributed by atoms with Crippen molar-refractivity contribution in [2.75, 3.05) is 40.6 Å². The second kappa shape index (κ2) is 30.9. The van der Waals surface area contributed by atoms with Gasteiger partial charge < -0.3 is 148 Å². The minimum atomic E-state index is -1.93. The zero-order chi connectivity index (χ0) is 81.8. The number of aliphatic hydroxyl groups is 14. The van der Waals surface area contributed by atoms with Crippen LogP contribution in [-0.4, -0.2) is 294 Å². The van der Waals surface area contributed by atoms with Crippen LogP contribution in [0.15, 0.2) is 35.9 Å². The van der Waals surface area contributed by atoms with E-state index in [1.807, 2.05) is 26.0 Å². The number of hydrogen-bond donors (Lipinski definition) is 15. The Hall–Kier alpha value is -5.06. The lowest BCUT2D eigenvalue weighted by Crippen LogP contribution is -2.68. The molecule has 13 aliphatic rings. The molecule has 8 heterocycles. The van der Waals surface area contributed by atoms with Gasteiger partial charge in [0.15, 0.2) is 48.5 Å². The van der Waals surface area contributed by atoms with Crippen molar-refractivity contribution >= 4 is 17.8 Å². The molecule has 34 atom stereocenters. The van der Waals surface area contributed by atoms with Crippen LogP contribution in [0, 0.1) is 50.2 Å². The Balaban J connectivity index is 0.000000292. The van der Waals surface area contributed by atoms with Crippen molar-refractivity contribution in [1.29, 1.82) is 0 Å². The Labute approximate surface area is 655 Å². The van der Waals surface area contributed by atoms with Gasteiger partial charge in [0, 0.05) is 17.7 Å². The number of esters is 1. The molecule has 32 nitrogen and oxygen atoms in total. The monoisotopic (exact) mass is 1600 g/mol. The van der Waals surface area contributed by atoms with Gasteiger partial charge in [0.05, 0.1) is 69.9 Å². The van der Waals surface area contributed by atoms with E-state index in [9.17, 15) is 81.4 Å². The van der Waals surface area contributed by atoms with Crippen molar-refractivity contribution in [2.45, 2.75) is 305 Å². The normalized spacial score (nSPS) is 46.4. The summed E-state index contributed by atoms with van der Waals surface area (Å²) in [5.74, 6) is 0.338. The summed E-state index contributed by atoms with van der Waals surface area (Å²) in [4.78, 5) is 29.0. The zero-order valence-corrected chi connectivity index (χ0v) is 66.1. The summed E-state index contributed by atoms with van der Waals surface area (Å²) in [6, 6.07) is 4.92. The van der Waals surface area contributed by atoms with Crippen LogP contribution in [-0.2, 0) is 52.2 Å². The predicted octanol–water partition coefficient (Wildman–Crippen LogP) is 1.81. The highest BCUT2D eigenvalue weighted by atomic mass is 16.8. The maximum atomic E-state index is 15.4. The first-order chi connectivity index (χ1) is 53.1. The fourth-order valence-corrected chi connectivity index (χ4v) is 21.7. The third-order valence-corrected chi connectivity index (χ3v) is 28.4. The van der Waals surface area contributed by atoms with E-state index < -0.39 is 212 Å². The lowest BCUT2D eigenvalue weighted by Gasteiger charge is -2.71. The number of aromatic hydroxyl groups is 1. The average Bonchev–Trinajstić information content (AvgIpc) is 0.670. The van der Waals surface area contributed by atoms with Gasteiger partial charge in [0.25, 0.3) is 0 Å². The van der Waals surface area contributed by atoms with Crippen molar-refractivity contribution < 1.29 is 157 Å². The molecular formula is C81H116O32. The number of benzene rings is 2. The Morgan fingerprint density at radius 2 is 1.19 bits per heavy atom. The maximum absolute atomic E-state index is 15.4. The summed E-state index contributed by atoms with van der Waals surface area (Å²) in [6.45, 7) is 21.2. The molecule has 4 saturated carbocycles. The summed E-state index contributed by atoms with van der Waals surface area (Å²) >= 11 is 0. The number of carbonyl (C=O) groups excluding carboxylic acids is 2. The number of carbonyl (C=O) groups is 2. The van der Waals surface area contributed by atoms with Crippen LogP contribution >= 0.6 is 0 Å². The summed E-state index contributed by atoms with van der Waals surface area (Å²) < 4.78 is 88.4. The Morgan fingerprint density at radius 3 is 1.84 bits per heavy atom. The third-order valence-electron chi connectivity index (χ3n) is 28.4. The molecule has 8 aliphatic heterocycles. The van der Waals surface area contributed by atoms with Gasteiger partial charge >= 0.3 is 5.97 Å². The highest BCUT2D eigenvalue weighted by Crippen LogP contribution is 2.76. The summed E-state index contributed by atoms with van der Waals surface area (Å²) in [5, 5.41) is 163. The molecule has 5 saturated heterocycles. The summed E-state index contributed by atoms with van der Waals surface area (Å²) in [6.07, 6.45) is -26.0. The largest absolute Gasteiger partial charge is 0.507 e. The molecule has 632 valence electrons. The number of phenolic OH excluding ortho intramolecular Hbond substituents is 1. The van der Waals surface area contributed by atoms with E-state index in [0.717, 1.165) is 24.8 Å². The number of fused-ring (bicyclic) bond motifs is 13. The van der Waals surface area contributed by atoms with Gasteiger partial charge in [0.2, 0.25) is 6.29 Å². The van der Waals surface area contributed by atoms with Gasteiger partial charge in [0.1, 0.15) is 144 Å². The van der Waals surface area contributed by atoms with Gasteiger partial charge in [-0.15, -0.1) is 0 Å². The number of rotatable bonds is 13. The highest BCUT2D eigenvalue weighted by Gasteiger charge is 2.73. The number of aliphatic hydroxyl groups excluding tert-OH is 14. The second-order valence-corrected chi connectivity index (χ2v) is 36.4. The Morgan fingerprint density at radius 1 is 0.593 bits per heavy atom. The Bertz CT molecular complexity index is 3880. The van der Waals surface area contributed by atoms with E-state index in [1.54, 1.807) is 26.2 Å². The summed E-state index contributed by atoms with van der Waals surface area (Å²) in [5.41, 5.74) is -1.35. The molecule has 0 bridgehead atoms. The topological polar surface area (TPSA) is 476 Å². The van der Waals surface area contributed by atoms with Gasteiger partial charge in [-0.05, 0) is 149 Å². The van der Waals surface area contributed by atoms with Crippen LogP contribution in [0.4, 0.5) is 0 Å². The van der Waals surface area contributed by atoms with Gasteiger partial charge in [-0.2, -0.15) is 0 Å². The fourth-order valence-electron chi connectivity index (χ4n) is 21.7. The van der Waals surface area contributed by atoms with E-state index in [4.69, 9.17) is 71.1 Å². The summed E-state index contributed by atoms with van der Waals surface area (Å²) in [7, 11) is 3.07. The average molecular weight is 1600 g/mol. The lowest BCUT2D eigenvalue weighted by molar-refractivity contribution is -0.374. The first-order valence-electron chi connectivity index (χ1n) is 39.7. The predicted molar refractivity (Wildman–Crippen MR) is 390 cm³/mol. The van der Waals surface area contributed by atoms with E-state index in [2.05, 4.69) is 54.5 Å². The van der Waals surface area contributed by atoms with Crippen LogP contribution in [0.25, 0.3) is 6.08 Å². The van der Waals surface area contributed by atoms with Crippen LogP contribution < -0.4 is 23.7 Å². The molecule has 0 aromatic heterocycles. The van der Waals surface area contributed by atoms with Crippen LogP contribution in [0.2, 0.25) is 0 Å². The molecule has 2 aromatic carbocycles. The molecule has 0 spiro atoms. The molecule has 15 N–H and O–H groups in total.